The Morgan fingerprint density at radius 2 is 1.74 bits per heavy atom. The summed E-state index contributed by atoms with van der Waals surface area (Å²) >= 11 is 3.72. The fraction of sp³-hybridized carbons (Fsp3) is 0.933. The first-order valence-corrected chi connectivity index (χ1v) is 15.1. The van der Waals surface area contributed by atoms with Gasteiger partial charge in [-0.05, 0) is 90.8 Å². The van der Waals surface area contributed by atoms with Crippen molar-refractivity contribution >= 4 is 27.7 Å². The second-order valence-electron chi connectivity index (χ2n) is 13.7. The van der Waals surface area contributed by atoms with Crippen LogP contribution in [0.2, 0.25) is 0 Å². The number of fused-ring (bicyclic) bond motifs is 5. The van der Waals surface area contributed by atoms with Crippen LogP contribution in [-0.2, 0) is 14.3 Å². The van der Waals surface area contributed by atoms with Gasteiger partial charge in [-0.3, -0.25) is 9.59 Å². The smallest absolute Gasteiger partial charge is 0.302 e. The lowest BCUT2D eigenvalue weighted by Gasteiger charge is -2.62. The molecule has 3 nitrogen and oxygen atoms in total. The quantitative estimate of drug-likeness (QED) is 0.256. The molecule has 4 heteroatoms. The Kier molecular flexibility index (Phi) is 7.71. The summed E-state index contributed by atoms with van der Waals surface area (Å²) in [6.45, 7) is 16.2. The first kappa shape index (κ1) is 26.7. The molecule has 0 heterocycles. The van der Waals surface area contributed by atoms with Crippen LogP contribution in [0.5, 0.6) is 0 Å². The zero-order chi connectivity index (χ0) is 25.0. The third kappa shape index (κ3) is 4.56. The summed E-state index contributed by atoms with van der Waals surface area (Å²) < 4.78 is 6.23. The van der Waals surface area contributed by atoms with E-state index in [1.807, 2.05) is 0 Å². The normalized spacial score (nSPS) is 45.8. The Morgan fingerprint density at radius 3 is 2.38 bits per heavy atom. The molecule has 0 spiro atoms. The Balaban J connectivity index is 1.61. The first-order valence-electron chi connectivity index (χ1n) is 14.2. The van der Waals surface area contributed by atoms with Crippen LogP contribution in [0.4, 0.5) is 0 Å². The van der Waals surface area contributed by atoms with Crippen LogP contribution in [-0.4, -0.2) is 22.7 Å². The van der Waals surface area contributed by atoms with Crippen LogP contribution in [0.3, 0.4) is 0 Å². The fourth-order valence-corrected chi connectivity index (χ4v) is 10.4. The molecule has 0 aliphatic heterocycles. The number of carbonyl (C=O) groups excluding carboxylic acids is 2. The van der Waals surface area contributed by atoms with Crippen molar-refractivity contribution in [3.05, 3.63) is 0 Å². The fourth-order valence-electron chi connectivity index (χ4n) is 9.51. The minimum absolute atomic E-state index is 0.00756. The Labute approximate surface area is 217 Å². The van der Waals surface area contributed by atoms with Crippen LogP contribution in [0.15, 0.2) is 0 Å². The molecule has 11 atom stereocenters. The van der Waals surface area contributed by atoms with Crippen LogP contribution >= 0.6 is 15.9 Å². The van der Waals surface area contributed by atoms with Gasteiger partial charge in [0.1, 0.15) is 11.9 Å². The molecular weight excluding hydrogens is 488 g/mol. The monoisotopic (exact) mass is 536 g/mol. The van der Waals surface area contributed by atoms with Gasteiger partial charge >= 0.3 is 5.97 Å². The van der Waals surface area contributed by atoms with Gasteiger partial charge in [0.05, 0.1) is 4.83 Å². The molecule has 4 aliphatic rings. The summed E-state index contributed by atoms with van der Waals surface area (Å²) in [6.07, 6.45) is 10.2. The van der Waals surface area contributed by atoms with Crippen molar-refractivity contribution in [2.45, 2.75) is 117 Å². The molecule has 4 aliphatic carbocycles. The molecule has 0 aromatic rings. The number of rotatable bonds is 6. The maximum absolute atomic E-state index is 12.6. The van der Waals surface area contributed by atoms with E-state index < -0.39 is 0 Å². The van der Waals surface area contributed by atoms with Gasteiger partial charge in [-0.1, -0.05) is 70.3 Å². The number of hydrogen-bond acceptors (Lipinski definition) is 3. The molecule has 4 saturated carbocycles. The minimum Gasteiger partial charge on any atom is -0.462 e. The van der Waals surface area contributed by atoms with E-state index in [0.717, 1.165) is 48.9 Å². The highest BCUT2D eigenvalue weighted by Crippen LogP contribution is 2.69. The summed E-state index contributed by atoms with van der Waals surface area (Å²) in [7, 11) is 0. The maximum Gasteiger partial charge on any atom is 0.302 e. The van der Waals surface area contributed by atoms with E-state index in [2.05, 4.69) is 57.5 Å². The van der Waals surface area contributed by atoms with Crippen LogP contribution in [0.1, 0.15) is 106 Å². The Morgan fingerprint density at radius 1 is 1.03 bits per heavy atom. The summed E-state index contributed by atoms with van der Waals surface area (Å²) in [6, 6.07) is 0. The van der Waals surface area contributed by atoms with Gasteiger partial charge in [-0.15, -0.1) is 0 Å². The highest BCUT2D eigenvalue weighted by molar-refractivity contribution is 9.10. The van der Waals surface area contributed by atoms with E-state index in [4.69, 9.17) is 4.74 Å². The number of ketones is 1. The molecular formula is C30H49BrO3. The molecule has 0 N–H and O–H groups in total. The molecule has 0 unspecified atom stereocenters. The summed E-state index contributed by atoms with van der Waals surface area (Å²) in [5, 5.41) is 0. The van der Waals surface area contributed by atoms with Gasteiger partial charge < -0.3 is 4.74 Å². The number of halogens is 1. The number of Topliss-reactive ketones (excluding diaryl/α,β-unsaturated/α-hetero) is 1. The first-order chi connectivity index (χ1) is 15.9. The zero-order valence-electron chi connectivity index (χ0n) is 22.7. The molecule has 0 amide bonds. The highest BCUT2D eigenvalue weighted by Gasteiger charge is 2.65. The summed E-state index contributed by atoms with van der Waals surface area (Å²) in [5.41, 5.74) is 0.325. The van der Waals surface area contributed by atoms with E-state index in [-0.39, 0.29) is 27.7 Å². The van der Waals surface area contributed by atoms with Crippen molar-refractivity contribution in [2.75, 3.05) is 0 Å². The van der Waals surface area contributed by atoms with E-state index in [1.54, 1.807) is 6.92 Å². The number of esters is 1. The third-order valence-electron chi connectivity index (χ3n) is 11.7. The maximum atomic E-state index is 12.6. The van der Waals surface area contributed by atoms with Gasteiger partial charge in [0, 0.05) is 19.3 Å². The van der Waals surface area contributed by atoms with Gasteiger partial charge in [0.25, 0.3) is 0 Å². The van der Waals surface area contributed by atoms with E-state index in [1.165, 1.54) is 32.1 Å². The topological polar surface area (TPSA) is 43.4 Å². The van der Waals surface area contributed by atoms with Gasteiger partial charge in [0.15, 0.2) is 0 Å². The van der Waals surface area contributed by atoms with Crippen molar-refractivity contribution in [2.24, 2.45) is 58.2 Å². The average molecular weight is 538 g/mol. The minimum atomic E-state index is -0.132. The Bertz CT molecular complexity index is 779. The van der Waals surface area contributed by atoms with Crippen molar-refractivity contribution in [1.29, 1.82) is 0 Å². The Hall–Kier alpha value is -0.380. The molecule has 0 bridgehead atoms. The van der Waals surface area contributed by atoms with Crippen molar-refractivity contribution in [3.8, 4) is 0 Å². The lowest BCUT2D eigenvalue weighted by atomic mass is 9.43. The molecule has 4 fully saturated rings. The van der Waals surface area contributed by atoms with E-state index in [9.17, 15) is 9.59 Å². The average Bonchev–Trinajstić information content (AvgIpc) is 3.08. The van der Waals surface area contributed by atoms with Crippen molar-refractivity contribution in [3.63, 3.8) is 0 Å². The number of carbonyl (C=O) groups is 2. The van der Waals surface area contributed by atoms with Crippen molar-refractivity contribution < 1.29 is 14.3 Å². The zero-order valence-corrected chi connectivity index (χ0v) is 24.3. The van der Waals surface area contributed by atoms with E-state index in [0.29, 0.717) is 30.0 Å². The third-order valence-corrected chi connectivity index (χ3v) is 12.5. The SMILES string of the molecule is CC(=O)O[C@@H]1C[C@]2(C)[C@H](CC[C@@H]2[C@H](C)CC[C@H](C)C(C)C)[C@@H]2CC[C@H]3CC(=O)[C@H](Br)C[C@]3(C)[C@@H]21. The lowest BCUT2D eigenvalue weighted by Crippen LogP contribution is -2.61. The largest absolute Gasteiger partial charge is 0.462 e. The lowest BCUT2D eigenvalue weighted by molar-refractivity contribution is -0.194. The second-order valence-corrected chi connectivity index (χ2v) is 14.8. The molecule has 0 saturated heterocycles. The molecule has 0 aromatic heterocycles. The molecule has 0 aromatic carbocycles. The molecule has 194 valence electrons. The summed E-state index contributed by atoms with van der Waals surface area (Å²) in [5.74, 6) is 5.37. The van der Waals surface area contributed by atoms with Gasteiger partial charge in [0.2, 0.25) is 0 Å². The number of alkyl halides is 1. The predicted molar refractivity (Wildman–Crippen MR) is 142 cm³/mol. The number of hydrogen-bond donors (Lipinski definition) is 0. The predicted octanol–water partition coefficient (Wildman–Crippen LogP) is 7.84. The summed E-state index contributed by atoms with van der Waals surface area (Å²) in [4.78, 5) is 24.9. The van der Waals surface area contributed by atoms with Gasteiger partial charge in [-0.25, -0.2) is 0 Å². The molecule has 34 heavy (non-hydrogen) atoms. The van der Waals surface area contributed by atoms with Crippen LogP contribution in [0, 0.1) is 58.2 Å². The number of ether oxygens (including phenoxy) is 1. The second kappa shape index (κ2) is 9.82. The molecule has 0 radical (unpaired) electrons. The molecule has 4 rings (SSSR count). The standard InChI is InChI=1S/C30H49BrO3/c1-17(2)18(3)8-9-19(4)23-12-13-24-22-11-10-21-14-26(33)25(31)15-29(21,6)28(22)27(34-20(5)32)16-30(23,24)7/h17-19,21-25,27-28H,8-16H2,1-7H3/t18-,19+,21-,22-,23+,24+,25+,27+,28-,29-,30-/m0/s1. The van der Waals surface area contributed by atoms with Crippen LogP contribution in [0.25, 0.3) is 0 Å². The van der Waals surface area contributed by atoms with Crippen molar-refractivity contribution in [1.82, 2.24) is 0 Å². The van der Waals surface area contributed by atoms with Crippen LogP contribution < -0.4 is 0 Å². The van der Waals surface area contributed by atoms with E-state index >= 15 is 0 Å². The highest BCUT2D eigenvalue weighted by atomic mass is 79.9. The van der Waals surface area contributed by atoms with Gasteiger partial charge in [-0.2, -0.15) is 0 Å².